The molecule has 5 nitrogen and oxygen atoms in total. The van der Waals surface area contributed by atoms with E-state index in [4.69, 9.17) is 9.47 Å². The van der Waals surface area contributed by atoms with Crippen molar-refractivity contribution in [1.29, 1.82) is 0 Å². The molecule has 2 atom stereocenters. The molecule has 1 rings (SSSR count). The van der Waals surface area contributed by atoms with E-state index in [1.807, 2.05) is 0 Å². The van der Waals surface area contributed by atoms with Gasteiger partial charge in [-0.1, -0.05) is 17.8 Å². The van der Waals surface area contributed by atoms with Crippen LogP contribution in [-0.4, -0.2) is 41.4 Å². The summed E-state index contributed by atoms with van der Waals surface area (Å²) in [6, 6.07) is 5.07. The van der Waals surface area contributed by atoms with Crippen molar-refractivity contribution in [3.05, 3.63) is 23.8 Å². The van der Waals surface area contributed by atoms with Gasteiger partial charge in [-0.2, -0.15) is 0 Å². The van der Waals surface area contributed by atoms with Crippen molar-refractivity contribution in [3.8, 4) is 11.5 Å². The van der Waals surface area contributed by atoms with Crippen LogP contribution in [0, 0.1) is 0 Å². The molecule has 0 spiro atoms. The van der Waals surface area contributed by atoms with Crippen LogP contribution in [0.5, 0.6) is 11.5 Å². The Kier molecular flexibility index (Phi) is 6.14. The predicted octanol–water partition coefficient (Wildman–Crippen LogP) is 1.38. The number of aliphatic hydroxyl groups excluding tert-OH is 2. The first-order valence-electron chi connectivity index (χ1n) is 5.71. The van der Waals surface area contributed by atoms with E-state index in [0.717, 1.165) is 11.8 Å². The molecule has 0 saturated heterocycles. The van der Waals surface area contributed by atoms with Crippen molar-refractivity contribution in [2.75, 3.05) is 20.0 Å². The zero-order chi connectivity index (χ0) is 14.4. The first-order chi connectivity index (χ1) is 9.01. The van der Waals surface area contributed by atoms with Gasteiger partial charge < -0.3 is 19.7 Å². The zero-order valence-electron chi connectivity index (χ0n) is 11.1. The van der Waals surface area contributed by atoms with Gasteiger partial charge in [-0.05, 0) is 12.1 Å². The van der Waals surface area contributed by atoms with Crippen LogP contribution in [0.4, 0.5) is 0 Å². The number of ether oxygens (including phenoxy) is 2. The van der Waals surface area contributed by atoms with Crippen molar-refractivity contribution >= 4 is 16.9 Å². The largest absolute Gasteiger partial charge is 0.496 e. The van der Waals surface area contributed by atoms with Crippen molar-refractivity contribution in [3.63, 3.8) is 0 Å². The SMILES string of the molecule is COc1cccc(OC)c1C(O)C(O)CSC(C)=O. The molecule has 19 heavy (non-hydrogen) atoms. The topological polar surface area (TPSA) is 76.0 Å². The normalized spacial score (nSPS) is 13.7. The molecule has 0 bridgehead atoms. The van der Waals surface area contributed by atoms with Gasteiger partial charge in [-0.15, -0.1) is 0 Å². The number of methoxy groups -OCH3 is 2. The van der Waals surface area contributed by atoms with Crippen LogP contribution in [0.25, 0.3) is 0 Å². The van der Waals surface area contributed by atoms with Gasteiger partial charge in [-0.3, -0.25) is 4.79 Å². The van der Waals surface area contributed by atoms with E-state index in [2.05, 4.69) is 0 Å². The summed E-state index contributed by atoms with van der Waals surface area (Å²) in [5.74, 6) is 0.968. The van der Waals surface area contributed by atoms with Crippen molar-refractivity contribution < 1.29 is 24.5 Å². The van der Waals surface area contributed by atoms with Gasteiger partial charge in [-0.25, -0.2) is 0 Å². The summed E-state index contributed by atoms with van der Waals surface area (Å²) in [6.07, 6.45) is -2.27. The van der Waals surface area contributed by atoms with E-state index in [0.29, 0.717) is 17.1 Å². The van der Waals surface area contributed by atoms with Crippen LogP contribution in [0.3, 0.4) is 0 Å². The second kappa shape index (κ2) is 7.37. The maximum atomic E-state index is 10.9. The maximum Gasteiger partial charge on any atom is 0.185 e. The molecule has 2 unspecified atom stereocenters. The van der Waals surface area contributed by atoms with Gasteiger partial charge in [0.05, 0.1) is 25.9 Å². The van der Waals surface area contributed by atoms with Crippen LogP contribution >= 0.6 is 11.8 Å². The Morgan fingerprint density at radius 3 is 2.21 bits per heavy atom. The Balaban J connectivity index is 2.96. The summed E-state index contributed by atoms with van der Waals surface area (Å²) in [5.41, 5.74) is 0.379. The molecule has 0 aliphatic rings. The first-order valence-corrected chi connectivity index (χ1v) is 6.70. The van der Waals surface area contributed by atoms with Crippen LogP contribution in [0.1, 0.15) is 18.6 Å². The molecule has 6 heteroatoms. The third-order valence-corrected chi connectivity index (χ3v) is 3.50. The quantitative estimate of drug-likeness (QED) is 0.823. The Morgan fingerprint density at radius 1 is 1.26 bits per heavy atom. The highest BCUT2D eigenvalue weighted by Gasteiger charge is 2.25. The smallest absolute Gasteiger partial charge is 0.185 e. The van der Waals surface area contributed by atoms with E-state index < -0.39 is 12.2 Å². The first kappa shape index (κ1) is 15.8. The number of rotatable bonds is 6. The Hall–Kier alpha value is -1.24. The number of hydrogen-bond donors (Lipinski definition) is 2. The van der Waals surface area contributed by atoms with E-state index in [-0.39, 0.29) is 10.9 Å². The standard InChI is InChI=1S/C13H18O5S/c1-8(14)19-7-9(15)13(16)12-10(17-2)5-4-6-11(12)18-3/h4-6,9,13,15-16H,7H2,1-3H3. The third kappa shape index (κ3) is 4.12. The molecule has 106 valence electrons. The molecule has 0 fully saturated rings. The van der Waals surface area contributed by atoms with E-state index in [1.54, 1.807) is 18.2 Å². The van der Waals surface area contributed by atoms with Gasteiger partial charge >= 0.3 is 0 Å². The number of carbonyl (C=O) groups is 1. The third-order valence-electron chi connectivity index (χ3n) is 2.58. The van der Waals surface area contributed by atoms with Gasteiger partial charge in [0, 0.05) is 12.7 Å². The summed E-state index contributed by atoms with van der Waals surface area (Å²) >= 11 is 0.959. The average molecular weight is 286 g/mol. The second-order valence-electron chi connectivity index (χ2n) is 3.89. The maximum absolute atomic E-state index is 10.9. The molecule has 0 saturated carbocycles. The number of hydrogen-bond acceptors (Lipinski definition) is 6. The van der Waals surface area contributed by atoms with Crippen molar-refractivity contribution in [2.24, 2.45) is 0 Å². The van der Waals surface area contributed by atoms with Gasteiger partial charge in [0.1, 0.15) is 17.6 Å². The van der Waals surface area contributed by atoms with E-state index >= 15 is 0 Å². The fraction of sp³-hybridized carbons (Fsp3) is 0.462. The number of aliphatic hydroxyl groups is 2. The molecule has 0 aliphatic heterocycles. The predicted molar refractivity (Wildman–Crippen MR) is 73.7 cm³/mol. The molecule has 0 aromatic heterocycles. The van der Waals surface area contributed by atoms with E-state index in [1.165, 1.54) is 21.1 Å². The molecule has 2 N–H and O–H groups in total. The minimum Gasteiger partial charge on any atom is -0.496 e. The van der Waals surface area contributed by atoms with Crippen LogP contribution in [0.2, 0.25) is 0 Å². The summed E-state index contributed by atoms with van der Waals surface area (Å²) in [4.78, 5) is 10.9. The summed E-state index contributed by atoms with van der Waals surface area (Å²) in [7, 11) is 2.95. The monoisotopic (exact) mass is 286 g/mol. The molecule has 1 aromatic carbocycles. The summed E-state index contributed by atoms with van der Waals surface area (Å²) in [5, 5.41) is 20.0. The van der Waals surface area contributed by atoms with Gasteiger partial charge in [0.2, 0.25) is 0 Å². The minimum atomic E-state index is -1.18. The number of benzene rings is 1. The van der Waals surface area contributed by atoms with Crippen molar-refractivity contribution in [1.82, 2.24) is 0 Å². The lowest BCUT2D eigenvalue weighted by Gasteiger charge is -2.21. The lowest BCUT2D eigenvalue weighted by atomic mass is 10.0. The fourth-order valence-corrected chi connectivity index (χ4v) is 2.25. The Bertz CT molecular complexity index is 413. The minimum absolute atomic E-state index is 0.109. The molecule has 1 aromatic rings. The molecule has 0 aliphatic carbocycles. The number of thioether (sulfide) groups is 1. The molecular weight excluding hydrogens is 268 g/mol. The highest BCUT2D eigenvalue weighted by atomic mass is 32.2. The summed E-state index contributed by atoms with van der Waals surface area (Å²) < 4.78 is 10.3. The van der Waals surface area contributed by atoms with Crippen LogP contribution in [-0.2, 0) is 4.79 Å². The van der Waals surface area contributed by atoms with Crippen LogP contribution in [0.15, 0.2) is 18.2 Å². The second-order valence-corrected chi connectivity index (χ2v) is 5.09. The fourth-order valence-electron chi connectivity index (χ4n) is 1.66. The van der Waals surface area contributed by atoms with Crippen LogP contribution < -0.4 is 9.47 Å². The lowest BCUT2D eigenvalue weighted by Crippen LogP contribution is -2.22. The highest BCUT2D eigenvalue weighted by Crippen LogP contribution is 2.36. The zero-order valence-corrected chi connectivity index (χ0v) is 11.9. The lowest BCUT2D eigenvalue weighted by molar-refractivity contribution is -0.109. The Morgan fingerprint density at radius 2 is 1.79 bits per heavy atom. The number of carbonyl (C=O) groups excluding carboxylic acids is 1. The van der Waals surface area contributed by atoms with Crippen molar-refractivity contribution in [2.45, 2.75) is 19.1 Å². The molecule has 0 heterocycles. The molecule has 0 radical (unpaired) electrons. The van der Waals surface area contributed by atoms with Gasteiger partial charge in [0.15, 0.2) is 5.12 Å². The molecule has 0 amide bonds. The average Bonchev–Trinajstić information content (AvgIpc) is 2.42. The van der Waals surface area contributed by atoms with Gasteiger partial charge in [0.25, 0.3) is 0 Å². The highest BCUT2D eigenvalue weighted by molar-refractivity contribution is 8.13. The molecular formula is C13H18O5S. The summed E-state index contributed by atoms with van der Waals surface area (Å²) in [6.45, 7) is 1.41. The van der Waals surface area contributed by atoms with E-state index in [9.17, 15) is 15.0 Å². The Labute approximate surface area is 116 Å².